The molecular weight excluding hydrogens is 370 g/mol. The lowest BCUT2D eigenvalue weighted by atomic mass is 9.91. The highest BCUT2D eigenvalue weighted by atomic mass is 32.1. The van der Waals surface area contributed by atoms with Crippen LogP contribution in [-0.4, -0.2) is 22.7 Å². The molecule has 0 spiro atoms. The second-order valence-corrected chi connectivity index (χ2v) is 7.14. The van der Waals surface area contributed by atoms with E-state index in [1.165, 1.54) is 5.57 Å². The average Bonchev–Trinajstić information content (AvgIpc) is 3.16. The molecule has 0 bridgehead atoms. The van der Waals surface area contributed by atoms with Crippen LogP contribution in [0.1, 0.15) is 37.8 Å². The van der Waals surface area contributed by atoms with Gasteiger partial charge in [0.15, 0.2) is 5.82 Å². The molecule has 28 heavy (non-hydrogen) atoms. The van der Waals surface area contributed by atoms with Gasteiger partial charge in [-0.2, -0.15) is 0 Å². The second kappa shape index (κ2) is 8.12. The molecule has 1 aliphatic rings. The van der Waals surface area contributed by atoms with Crippen LogP contribution in [0.15, 0.2) is 53.1 Å². The van der Waals surface area contributed by atoms with Crippen LogP contribution in [0.2, 0.25) is 0 Å². The number of para-hydroxylation sites is 1. The topological polar surface area (TPSA) is 63.1 Å². The van der Waals surface area contributed by atoms with Gasteiger partial charge in [-0.15, -0.1) is 0 Å². The third-order valence-corrected chi connectivity index (χ3v) is 5.15. The van der Waals surface area contributed by atoms with E-state index in [4.69, 9.17) is 21.5 Å². The zero-order valence-electron chi connectivity index (χ0n) is 16.0. The number of nitrogens with one attached hydrogen (secondary N) is 2. The standard InChI is InChI=1S/C22H23N3O2S/c1-3-15(23-4-2)10-12-16-17-7-5-6-8-19(17)26-20-13-14(9-11-18(16)20)21-24-22(28)27-25-21/h5-9,11-13,15,23H,3-4,10H2,1-2H3,(H,24,25,28)/b16-12-. The number of rotatable bonds is 6. The number of H-pyrrole nitrogens is 1. The quantitative estimate of drug-likeness (QED) is 0.411. The van der Waals surface area contributed by atoms with Crippen LogP contribution in [0.4, 0.5) is 0 Å². The molecule has 1 unspecified atom stereocenters. The first-order valence-electron chi connectivity index (χ1n) is 9.61. The van der Waals surface area contributed by atoms with Crippen molar-refractivity contribution in [2.24, 2.45) is 0 Å². The highest BCUT2D eigenvalue weighted by Crippen LogP contribution is 2.44. The van der Waals surface area contributed by atoms with E-state index in [2.05, 4.69) is 47.5 Å². The maximum Gasteiger partial charge on any atom is 0.295 e. The summed E-state index contributed by atoms with van der Waals surface area (Å²) in [6.07, 6.45) is 4.37. The molecule has 0 saturated heterocycles. The maximum absolute atomic E-state index is 6.20. The molecule has 2 aromatic carbocycles. The Labute approximate surface area is 169 Å². The summed E-state index contributed by atoms with van der Waals surface area (Å²) in [6, 6.07) is 14.7. The Morgan fingerprint density at radius 3 is 2.71 bits per heavy atom. The van der Waals surface area contributed by atoms with Crippen LogP contribution in [0.3, 0.4) is 0 Å². The Bertz CT molecular complexity index is 1070. The Morgan fingerprint density at radius 1 is 1.14 bits per heavy atom. The van der Waals surface area contributed by atoms with Crippen molar-refractivity contribution < 1.29 is 9.26 Å². The predicted molar refractivity (Wildman–Crippen MR) is 113 cm³/mol. The monoisotopic (exact) mass is 393 g/mol. The maximum atomic E-state index is 6.20. The molecule has 2 heterocycles. The van der Waals surface area contributed by atoms with Gasteiger partial charge in [0.2, 0.25) is 0 Å². The van der Waals surface area contributed by atoms with Crippen LogP contribution in [0, 0.1) is 4.84 Å². The number of fused-ring (bicyclic) bond motifs is 2. The Morgan fingerprint density at radius 2 is 1.96 bits per heavy atom. The number of nitrogens with zero attached hydrogens (tertiary/aromatic N) is 1. The fourth-order valence-corrected chi connectivity index (χ4v) is 3.67. The molecule has 2 N–H and O–H groups in total. The fourth-order valence-electron chi connectivity index (χ4n) is 3.54. The smallest absolute Gasteiger partial charge is 0.295 e. The van der Waals surface area contributed by atoms with Crippen molar-refractivity contribution in [3.05, 3.63) is 64.5 Å². The van der Waals surface area contributed by atoms with Crippen molar-refractivity contribution in [1.82, 2.24) is 15.5 Å². The normalized spacial score (nSPS) is 15.0. The molecule has 1 atom stereocenters. The van der Waals surface area contributed by atoms with Crippen molar-refractivity contribution >= 4 is 17.8 Å². The molecule has 5 nitrogen and oxygen atoms in total. The molecule has 0 fully saturated rings. The summed E-state index contributed by atoms with van der Waals surface area (Å²) in [5, 5.41) is 7.52. The lowest BCUT2D eigenvalue weighted by Crippen LogP contribution is -2.27. The molecule has 1 aromatic heterocycles. The minimum atomic E-state index is 0.258. The fraction of sp³-hybridized carbons (Fsp3) is 0.273. The zero-order valence-corrected chi connectivity index (χ0v) is 16.8. The van der Waals surface area contributed by atoms with E-state index < -0.39 is 0 Å². The largest absolute Gasteiger partial charge is 0.456 e. The number of aromatic amines is 1. The summed E-state index contributed by atoms with van der Waals surface area (Å²) in [5.41, 5.74) is 4.27. The van der Waals surface area contributed by atoms with E-state index in [9.17, 15) is 0 Å². The Balaban J connectivity index is 1.76. The van der Waals surface area contributed by atoms with Crippen LogP contribution >= 0.6 is 12.2 Å². The summed E-state index contributed by atoms with van der Waals surface area (Å²) in [7, 11) is 0. The van der Waals surface area contributed by atoms with Gasteiger partial charge in [-0.25, -0.2) is 0 Å². The van der Waals surface area contributed by atoms with Gasteiger partial charge < -0.3 is 14.6 Å². The van der Waals surface area contributed by atoms with E-state index in [1.807, 2.05) is 30.3 Å². The highest BCUT2D eigenvalue weighted by Gasteiger charge is 2.22. The van der Waals surface area contributed by atoms with Crippen LogP contribution in [-0.2, 0) is 0 Å². The van der Waals surface area contributed by atoms with Crippen molar-refractivity contribution in [3.8, 4) is 22.9 Å². The van der Waals surface area contributed by atoms with Gasteiger partial charge in [-0.3, -0.25) is 4.98 Å². The summed E-state index contributed by atoms with van der Waals surface area (Å²) in [6.45, 7) is 5.33. The number of ether oxygens (including phenoxy) is 1. The summed E-state index contributed by atoms with van der Waals surface area (Å²) >= 11 is 4.99. The first-order chi connectivity index (χ1) is 13.7. The molecular formula is C22H23N3O2S. The number of hydrogen-bond acceptors (Lipinski definition) is 5. The first-order valence-corrected chi connectivity index (χ1v) is 10.0. The molecule has 4 rings (SSSR count). The molecule has 0 saturated carbocycles. The average molecular weight is 394 g/mol. The van der Waals surface area contributed by atoms with E-state index in [-0.39, 0.29) is 4.84 Å². The third kappa shape index (κ3) is 3.66. The number of hydrogen-bond donors (Lipinski definition) is 2. The SMILES string of the molecule is CCNC(CC)C/C=C1/c2ccccc2Oc2cc(-c3noc(=S)[nH]3)ccc21. The minimum absolute atomic E-state index is 0.258. The van der Waals surface area contributed by atoms with Crippen LogP contribution < -0.4 is 10.1 Å². The molecule has 0 aliphatic carbocycles. The molecule has 0 amide bonds. The lowest BCUT2D eigenvalue weighted by molar-refractivity contribution is 0.406. The molecule has 6 heteroatoms. The summed E-state index contributed by atoms with van der Waals surface area (Å²) < 4.78 is 11.2. The van der Waals surface area contributed by atoms with Gasteiger partial charge in [0, 0.05) is 22.7 Å². The number of benzene rings is 2. The summed E-state index contributed by atoms with van der Waals surface area (Å²) in [4.78, 5) is 3.21. The predicted octanol–water partition coefficient (Wildman–Crippen LogP) is 5.71. The Hall–Kier alpha value is -2.70. The van der Waals surface area contributed by atoms with Crippen molar-refractivity contribution in [1.29, 1.82) is 0 Å². The Kier molecular flexibility index (Phi) is 5.41. The molecule has 1 aliphatic heterocycles. The minimum Gasteiger partial charge on any atom is -0.456 e. The van der Waals surface area contributed by atoms with Gasteiger partial charge in [-0.05, 0) is 55.4 Å². The van der Waals surface area contributed by atoms with Gasteiger partial charge in [0.05, 0.1) is 0 Å². The van der Waals surface area contributed by atoms with E-state index >= 15 is 0 Å². The first kappa shape index (κ1) is 18.7. The lowest BCUT2D eigenvalue weighted by Gasteiger charge is -2.24. The van der Waals surface area contributed by atoms with Crippen molar-refractivity contribution in [2.75, 3.05) is 6.54 Å². The van der Waals surface area contributed by atoms with Gasteiger partial charge >= 0.3 is 0 Å². The number of aromatic nitrogens is 2. The molecule has 0 radical (unpaired) electrons. The van der Waals surface area contributed by atoms with Crippen LogP contribution in [0.5, 0.6) is 11.5 Å². The van der Waals surface area contributed by atoms with Crippen molar-refractivity contribution in [2.45, 2.75) is 32.7 Å². The van der Waals surface area contributed by atoms with E-state index in [0.717, 1.165) is 47.6 Å². The van der Waals surface area contributed by atoms with E-state index in [0.29, 0.717) is 11.9 Å². The summed E-state index contributed by atoms with van der Waals surface area (Å²) in [5.74, 6) is 2.27. The van der Waals surface area contributed by atoms with Gasteiger partial charge in [-0.1, -0.05) is 49.3 Å². The van der Waals surface area contributed by atoms with E-state index in [1.54, 1.807) is 0 Å². The van der Waals surface area contributed by atoms with Gasteiger partial charge in [0.25, 0.3) is 4.84 Å². The van der Waals surface area contributed by atoms with Crippen LogP contribution in [0.25, 0.3) is 17.0 Å². The highest BCUT2D eigenvalue weighted by molar-refractivity contribution is 7.71. The van der Waals surface area contributed by atoms with Crippen molar-refractivity contribution in [3.63, 3.8) is 0 Å². The second-order valence-electron chi connectivity index (χ2n) is 6.77. The van der Waals surface area contributed by atoms with Gasteiger partial charge in [0.1, 0.15) is 11.5 Å². The molecule has 144 valence electrons. The molecule has 3 aromatic rings. The zero-order chi connectivity index (χ0) is 19.5. The third-order valence-electron chi connectivity index (χ3n) is 4.97.